The molecule has 2 aromatic rings. The number of hydrogen-bond donors (Lipinski definition) is 2. The number of benzene rings is 2. The van der Waals surface area contributed by atoms with Crippen LogP contribution in [0, 0.1) is 12.8 Å². The van der Waals surface area contributed by atoms with Crippen LogP contribution in [-0.4, -0.2) is 28.8 Å². The zero-order valence-electron chi connectivity index (χ0n) is 13.4. The summed E-state index contributed by atoms with van der Waals surface area (Å²) < 4.78 is 5.54. The highest BCUT2D eigenvalue weighted by molar-refractivity contribution is 5.92. The summed E-state index contributed by atoms with van der Waals surface area (Å²) in [5, 5.41) is 17.6. The van der Waals surface area contributed by atoms with E-state index in [1.807, 2.05) is 31.2 Å². The normalized spacial score (nSPS) is 10.6. The summed E-state index contributed by atoms with van der Waals surface area (Å²) >= 11 is 0. The number of aliphatic carboxylic acids is 2. The fourth-order valence-corrected chi connectivity index (χ4v) is 2.32. The van der Waals surface area contributed by atoms with E-state index >= 15 is 0 Å². The standard InChI is InChI=1S/C19H20O5/c1-13-4-6-14(7-5-13)15-8-10-16(11-9-15)24-12-2-3-17(18(20)21)19(22)23/h4-11,17H,2-3,12H2,1H3,(H,20,21)(H,22,23). The first kappa shape index (κ1) is 17.5. The maximum Gasteiger partial charge on any atom is 0.317 e. The first-order valence-electron chi connectivity index (χ1n) is 7.73. The van der Waals surface area contributed by atoms with E-state index in [0.29, 0.717) is 12.2 Å². The van der Waals surface area contributed by atoms with Gasteiger partial charge in [0.1, 0.15) is 5.75 Å². The maximum absolute atomic E-state index is 10.8. The van der Waals surface area contributed by atoms with Crippen molar-refractivity contribution in [1.82, 2.24) is 0 Å². The molecule has 0 saturated heterocycles. The molecule has 126 valence electrons. The molecule has 0 heterocycles. The monoisotopic (exact) mass is 328 g/mol. The number of carboxylic acid groups (broad SMARTS) is 2. The van der Waals surface area contributed by atoms with Crippen molar-refractivity contribution in [3.63, 3.8) is 0 Å². The van der Waals surface area contributed by atoms with E-state index < -0.39 is 17.9 Å². The number of carboxylic acids is 2. The summed E-state index contributed by atoms with van der Waals surface area (Å²) in [5.41, 5.74) is 3.41. The lowest BCUT2D eigenvalue weighted by Gasteiger charge is -2.09. The van der Waals surface area contributed by atoms with Crippen molar-refractivity contribution in [1.29, 1.82) is 0 Å². The molecule has 0 saturated carbocycles. The topological polar surface area (TPSA) is 83.8 Å². The highest BCUT2D eigenvalue weighted by Crippen LogP contribution is 2.23. The number of hydrogen-bond acceptors (Lipinski definition) is 3. The van der Waals surface area contributed by atoms with Crippen LogP contribution in [0.25, 0.3) is 11.1 Å². The second-order valence-corrected chi connectivity index (χ2v) is 5.61. The van der Waals surface area contributed by atoms with Crippen LogP contribution in [0.3, 0.4) is 0 Å². The van der Waals surface area contributed by atoms with Crippen LogP contribution in [0.15, 0.2) is 48.5 Å². The Kier molecular flexibility index (Phi) is 5.95. The fraction of sp³-hybridized carbons (Fsp3) is 0.263. The minimum absolute atomic E-state index is 0.0477. The molecule has 0 radical (unpaired) electrons. The molecule has 2 aromatic carbocycles. The summed E-state index contributed by atoms with van der Waals surface area (Å²) in [6, 6.07) is 15.8. The van der Waals surface area contributed by atoms with Crippen molar-refractivity contribution in [2.24, 2.45) is 5.92 Å². The summed E-state index contributed by atoms with van der Waals surface area (Å²) in [4.78, 5) is 21.6. The van der Waals surface area contributed by atoms with Gasteiger partial charge in [0.25, 0.3) is 0 Å². The molecule has 5 nitrogen and oxygen atoms in total. The fourth-order valence-electron chi connectivity index (χ4n) is 2.32. The summed E-state index contributed by atoms with van der Waals surface area (Å²) in [6.45, 7) is 2.32. The predicted molar refractivity (Wildman–Crippen MR) is 90.1 cm³/mol. The van der Waals surface area contributed by atoms with Gasteiger partial charge in [-0.1, -0.05) is 42.0 Å². The zero-order valence-corrected chi connectivity index (χ0v) is 13.4. The molecule has 2 N–H and O–H groups in total. The average molecular weight is 328 g/mol. The third-order valence-corrected chi connectivity index (χ3v) is 3.74. The first-order chi connectivity index (χ1) is 11.5. The summed E-state index contributed by atoms with van der Waals surface area (Å²) in [7, 11) is 0. The zero-order chi connectivity index (χ0) is 17.5. The van der Waals surface area contributed by atoms with Gasteiger partial charge in [-0.05, 0) is 43.0 Å². The predicted octanol–water partition coefficient (Wildman–Crippen LogP) is 3.61. The molecule has 5 heteroatoms. The van der Waals surface area contributed by atoms with E-state index in [-0.39, 0.29) is 13.0 Å². The smallest absolute Gasteiger partial charge is 0.317 e. The number of ether oxygens (including phenoxy) is 1. The van der Waals surface area contributed by atoms with Crippen molar-refractivity contribution in [2.75, 3.05) is 6.61 Å². The van der Waals surface area contributed by atoms with Gasteiger partial charge in [-0.15, -0.1) is 0 Å². The molecule has 0 fully saturated rings. The Morgan fingerprint density at radius 3 is 1.92 bits per heavy atom. The van der Waals surface area contributed by atoms with Gasteiger partial charge in [0.2, 0.25) is 0 Å². The summed E-state index contributed by atoms with van der Waals surface area (Å²) in [6.07, 6.45) is 0.412. The van der Waals surface area contributed by atoms with E-state index in [1.54, 1.807) is 0 Å². The Morgan fingerprint density at radius 1 is 0.917 bits per heavy atom. The van der Waals surface area contributed by atoms with Crippen LogP contribution < -0.4 is 4.74 Å². The Hall–Kier alpha value is -2.82. The highest BCUT2D eigenvalue weighted by Gasteiger charge is 2.24. The molecule has 0 amide bonds. The van der Waals surface area contributed by atoms with Crippen LogP contribution >= 0.6 is 0 Å². The second-order valence-electron chi connectivity index (χ2n) is 5.61. The van der Waals surface area contributed by atoms with Crippen LogP contribution in [-0.2, 0) is 9.59 Å². The SMILES string of the molecule is Cc1ccc(-c2ccc(OCCCC(C(=O)O)C(=O)O)cc2)cc1. The van der Waals surface area contributed by atoms with Gasteiger partial charge in [-0.2, -0.15) is 0 Å². The molecule has 0 spiro atoms. The Bertz CT molecular complexity index is 675. The van der Waals surface area contributed by atoms with Crippen molar-refractivity contribution in [3.8, 4) is 16.9 Å². The highest BCUT2D eigenvalue weighted by atomic mass is 16.5. The molecule has 0 aromatic heterocycles. The number of carbonyl (C=O) groups is 2. The summed E-state index contributed by atoms with van der Waals surface area (Å²) in [5.74, 6) is -3.33. The second kappa shape index (κ2) is 8.15. The van der Waals surface area contributed by atoms with Crippen LogP contribution in [0.4, 0.5) is 0 Å². The molecule has 24 heavy (non-hydrogen) atoms. The minimum Gasteiger partial charge on any atom is -0.494 e. The molecule has 0 aliphatic heterocycles. The first-order valence-corrected chi connectivity index (χ1v) is 7.73. The van der Waals surface area contributed by atoms with Gasteiger partial charge < -0.3 is 14.9 Å². The molecular weight excluding hydrogens is 308 g/mol. The lowest BCUT2D eigenvalue weighted by Crippen LogP contribution is -2.23. The van der Waals surface area contributed by atoms with Crippen LogP contribution in [0.2, 0.25) is 0 Å². The molecule has 0 unspecified atom stereocenters. The van der Waals surface area contributed by atoms with E-state index in [9.17, 15) is 9.59 Å². The molecular formula is C19H20O5. The Balaban J connectivity index is 1.85. The van der Waals surface area contributed by atoms with Gasteiger partial charge >= 0.3 is 11.9 Å². The number of aryl methyl sites for hydroxylation is 1. The van der Waals surface area contributed by atoms with Crippen LogP contribution in [0.5, 0.6) is 5.75 Å². The lowest BCUT2D eigenvalue weighted by atomic mass is 10.0. The van der Waals surface area contributed by atoms with Gasteiger partial charge in [-0.25, -0.2) is 0 Å². The van der Waals surface area contributed by atoms with Gasteiger partial charge in [-0.3, -0.25) is 9.59 Å². The third-order valence-electron chi connectivity index (χ3n) is 3.74. The van der Waals surface area contributed by atoms with E-state index in [1.165, 1.54) is 5.56 Å². The maximum atomic E-state index is 10.8. The van der Waals surface area contributed by atoms with Crippen LogP contribution in [0.1, 0.15) is 18.4 Å². The van der Waals surface area contributed by atoms with E-state index in [4.69, 9.17) is 14.9 Å². The van der Waals surface area contributed by atoms with Crippen molar-refractivity contribution in [2.45, 2.75) is 19.8 Å². The van der Waals surface area contributed by atoms with Gasteiger partial charge in [0, 0.05) is 0 Å². The largest absolute Gasteiger partial charge is 0.494 e. The molecule has 2 rings (SSSR count). The van der Waals surface area contributed by atoms with E-state index in [0.717, 1.165) is 11.1 Å². The molecule has 0 atom stereocenters. The molecule has 0 aliphatic rings. The van der Waals surface area contributed by atoms with Gasteiger partial charge in [0.05, 0.1) is 6.61 Å². The Labute approximate surface area is 140 Å². The average Bonchev–Trinajstić information content (AvgIpc) is 2.55. The van der Waals surface area contributed by atoms with Crippen molar-refractivity contribution < 1.29 is 24.5 Å². The quantitative estimate of drug-likeness (QED) is 0.571. The van der Waals surface area contributed by atoms with Gasteiger partial charge in [0.15, 0.2) is 5.92 Å². The lowest BCUT2D eigenvalue weighted by molar-refractivity contribution is -0.154. The van der Waals surface area contributed by atoms with E-state index in [2.05, 4.69) is 24.3 Å². The third kappa shape index (κ3) is 4.84. The molecule has 0 aliphatic carbocycles. The van der Waals surface area contributed by atoms with Crippen molar-refractivity contribution >= 4 is 11.9 Å². The Morgan fingerprint density at radius 2 is 1.42 bits per heavy atom. The minimum atomic E-state index is -1.38. The molecule has 0 bridgehead atoms. The number of rotatable bonds is 8. The van der Waals surface area contributed by atoms with Crippen molar-refractivity contribution in [3.05, 3.63) is 54.1 Å².